The second kappa shape index (κ2) is 9.97. The molecule has 1 saturated heterocycles. The molecule has 4 rings (SSSR count). The van der Waals surface area contributed by atoms with Crippen LogP contribution < -0.4 is 19.9 Å². The number of halogens is 1. The minimum atomic E-state index is -0.797. The van der Waals surface area contributed by atoms with Gasteiger partial charge in [-0.3, -0.25) is 14.9 Å². The maximum absolute atomic E-state index is 13.3. The summed E-state index contributed by atoms with van der Waals surface area (Å²) in [4.78, 5) is 41.9. The number of carbonyl (C=O) groups excluding carboxylic acids is 3. The Morgan fingerprint density at radius 3 is 2.47 bits per heavy atom. The first kappa shape index (κ1) is 25.8. The Labute approximate surface area is 217 Å². The van der Waals surface area contributed by atoms with E-state index in [2.05, 4.69) is 37.9 Å². The molecule has 2 aromatic carbocycles. The smallest absolute Gasteiger partial charge is 0.335 e. The van der Waals surface area contributed by atoms with Gasteiger partial charge >= 0.3 is 6.03 Å². The Balaban J connectivity index is 1.73. The molecule has 36 heavy (non-hydrogen) atoms. The summed E-state index contributed by atoms with van der Waals surface area (Å²) in [5.41, 5.74) is 2.95. The fraction of sp³-hybridized carbons (Fsp3) is 0.393. The standard InChI is InChI=1S/C28H32ClN3O4/c1-6-12-31-24-15-23(29)18(13-21(24)17(3)16-28(31,4)5)14-22-25(33)30-27(35)32(26(22)34)19-8-10-20(11-9-19)36-7-2/h8-11,13-15,17H,6-7,12,16H2,1-5H3,(H,30,33,35)/b22-14-. The summed E-state index contributed by atoms with van der Waals surface area (Å²) in [6.07, 6.45) is 3.45. The molecule has 190 valence electrons. The van der Waals surface area contributed by atoms with Gasteiger partial charge < -0.3 is 9.64 Å². The highest BCUT2D eigenvalue weighted by Crippen LogP contribution is 2.45. The van der Waals surface area contributed by atoms with Gasteiger partial charge in [0.1, 0.15) is 11.3 Å². The van der Waals surface area contributed by atoms with E-state index in [1.807, 2.05) is 19.1 Å². The van der Waals surface area contributed by atoms with Crippen molar-refractivity contribution in [2.75, 3.05) is 23.0 Å². The van der Waals surface area contributed by atoms with Gasteiger partial charge in [0.05, 0.1) is 12.3 Å². The number of imide groups is 2. The SMILES string of the molecule is CCCN1c2cc(Cl)c(/C=C3/C(=O)NC(=O)N(c4ccc(OCC)cc4)C3=O)cc2C(C)CC1(C)C. The zero-order valence-electron chi connectivity index (χ0n) is 21.4. The molecule has 1 fully saturated rings. The Morgan fingerprint density at radius 1 is 1.14 bits per heavy atom. The number of anilines is 2. The molecule has 0 bridgehead atoms. The first-order valence-electron chi connectivity index (χ1n) is 12.3. The molecule has 2 aliphatic rings. The van der Waals surface area contributed by atoms with Gasteiger partial charge in [0.15, 0.2) is 0 Å². The van der Waals surface area contributed by atoms with E-state index in [0.717, 1.165) is 35.5 Å². The molecule has 0 radical (unpaired) electrons. The van der Waals surface area contributed by atoms with Crippen LogP contribution in [0.15, 0.2) is 42.0 Å². The van der Waals surface area contributed by atoms with E-state index >= 15 is 0 Å². The molecule has 0 saturated carbocycles. The van der Waals surface area contributed by atoms with E-state index in [9.17, 15) is 14.4 Å². The van der Waals surface area contributed by atoms with Crippen molar-refractivity contribution >= 4 is 46.9 Å². The predicted octanol–water partition coefficient (Wildman–Crippen LogP) is 5.91. The van der Waals surface area contributed by atoms with Crippen molar-refractivity contribution in [3.05, 3.63) is 58.1 Å². The summed E-state index contributed by atoms with van der Waals surface area (Å²) in [6, 6.07) is 9.65. The molecule has 1 N–H and O–H groups in total. The van der Waals surface area contributed by atoms with Gasteiger partial charge in [-0.1, -0.05) is 25.4 Å². The number of hydrogen-bond donors (Lipinski definition) is 1. The lowest BCUT2D eigenvalue weighted by atomic mass is 9.79. The monoisotopic (exact) mass is 509 g/mol. The first-order chi connectivity index (χ1) is 17.1. The zero-order chi connectivity index (χ0) is 26.2. The highest BCUT2D eigenvalue weighted by Gasteiger charge is 2.38. The number of hydrogen-bond acceptors (Lipinski definition) is 5. The molecule has 8 heteroatoms. The third kappa shape index (κ3) is 4.72. The Kier molecular flexibility index (Phi) is 7.14. The van der Waals surface area contributed by atoms with Crippen LogP contribution in [0.25, 0.3) is 6.08 Å². The molecule has 4 amide bonds. The van der Waals surface area contributed by atoms with Gasteiger partial charge in [-0.15, -0.1) is 0 Å². The predicted molar refractivity (Wildman–Crippen MR) is 143 cm³/mol. The van der Waals surface area contributed by atoms with Gasteiger partial charge in [-0.05, 0) is 93.1 Å². The van der Waals surface area contributed by atoms with Crippen molar-refractivity contribution in [2.45, 2.75) is 58.9 Å². The van der Waals surface area contributed by atoms with Crippen molar-refractivity contribution in [2.24, 2.45) is 0 Å². The largest absolute Gasteiger partial charge is 0.494 e. The van der Waals surface area contributed by atoms with E-state index in [-0.39, 0.29) is 17.0 Å². The van der Waals surface area contributed by atoms with Crippen molar-refractivity contribution in [1.82, 2.24) is 5.32 Å². The molecule has 2 aliphatic heterocycles. The minimum Gasteiger partial charge on any atom is -0.494 e. The molecule has 0 spiro atoms. The molecule has 7 nitrogen and oxygen atoms in total. The van der Waals surface area contributed by atoms with Gasteiger partial charge in [0, 0.05) is 22.8 Å². The number of nitrogens with zero attached hydrogens (tertiary/aromatic N) is 2. The molecule has 2 aromatic rings. The van der Waals surface area contributed by atoms with E-state index in [1.165, 1.54) is 6.08 Å². The summed E-state index contributed by atoms with van der Waals surface area (Å²) in [5, 5.41) is 2.71. The summed E-state index contributed by atoms with van der Waals surface area (Å²) in [6.45, 7) is 12.1. The number of rotatable bonds is 6. The van der Waals surface area contributed by atoms with E-state index in [0.29, 0.717) is 28.6 Å². The van der Waals surface area contributed by atoms with Crippen LogP contribution in [-0.4, -0.2) is 36.5 Å². The molecular weight excluding hydrogens is 478 g/mol. The van der Waals surface area contributed by atoms with Gasteiger partial charge in [-0.25, -0.2) is 9.69 Å². The van der Waals surface area contributed by atoms with Gasteiger partial charge in [0.2, 0.25) is 0 Å². The molecular formula is C28H32ClN3O4. The third-order valence-electron chi connectivity index (χ3n) is 6.76. The highest BCUT2D eigenvalue weighted by molar-refractivity contribution is 6.40. The Bertz CT molecular complexity index is 1240. The summed E-state index contributed by atoms with van der Waals surface area (Å²) >= 11 is 6.70. The van der Waals surface area contributed by atoms with E-state index in [1.54, 1.807) is 24.3 Å². The lowest BCUT2D eigenvalue weighted by molar-refractivity contribution is -0.122. The maximum Gasteiger partial charge on any atom is 0.335 e. The molecule has 1 atom stereocenters. The molecule has 1 unspecified atom stereocenters. The summed E-state index contributed by atoms with van der Waals surface area (Å²) in [5.74, 6) is -0.560. The average molecular weight is 510 g/mol. The van der Waals surface area contributed by atoms with Crippen molar-refractivity contribution < 1.29 is 19.1 Å². The number of barbiturate groups is 1. The second-order valence-electron chi connectivity index (χ2n) is 9.89. The summed E-state index contributed by atoms with van der Waals surface area (Å²) in [7, 11) is 0. The number of benzene rings is 2. The van der Waals surface area contributed by atoms with Crippen LogP contribution >= 0.6 is 11.6 Å². The van der Waals surface area contributed by atoms with Crippen LogP contribution in [0.2, 0.25) is 5.02 Å². The lowest BCUT2D eigenvalue weighted by Gasteiger charge is -2.47. The number of carbonyl (C=O) groups is 3. The fourth-order valence-corrected chi connectivity index (χ4v) is 5.40. The van der Waals surface area contributed by atoms with Crippen molar-refractivity contribution in [1.29, 1.82) is 0 Å². The highest BCUT2D eigenvalue weighted by atomic mass is 35.5. The summed E-state index contributed by atoms with van der Waals surface area (Å²) < 4.78 is 5.43. The number of urea groups is 1. The molecule has 0 aliphatic carbocycles. The number of nitrogens with one attached hydrogen (secondary N) is 1. The molecule has 2 heterocycles. The average Bonchev–Trinajstić information content (AvgIpc) is 2.81. The van der Waals surface area contributed by atoms with Crippen LogP contribution in [0.4, 0.5) is 16.2 Å². The van der Waals surface area contributed by atoms with Crippen LogP contribution in [0.1, 0.15) is 64.5 Å². The van der Waals surface area contributed by atoms with Crippen LogP contribution in [-0.2, 0) is 9.59 Å². The Morgan fingerprint density at radius 2 is 1.83 bits per heavy atom. The van der Waals surface area contributed by atoms with E-state index < -0.39 is 17.8 Å². The maximum atomic E-state index is 13.3. The van der Waals surface area contributed by atoms with Gasteiger partial charge in [0.25, 0.3) is 11.8 Å². The normalized spacial score (nSPS) is 20.4. The number of ether oxygens (including phenoxy) is 1. The van der Waals surface area contributed by atoms with Crippen LogP contribution in [0, 0.1) is 0 Å². The fourth-order valence-electron chi connectivity index (χ4n) is 5.18. The lowest BCUT2D eigenvalue weighted by Crippen LogP contribution is -2.54. The molecule has 0 aromatic heterocycles. The van der Waals surface area contributed by atoms with E-state index in [4.69, 9.17) is 16.3 Å². The second-order valence-corrected chi connectivity index (χ2v) is 10.3. The van der Waals surface area contributed by atoms with Gasteiger partial charge in [-0.2, -0.15) is 0 Å². The Hall–Kier alpha value is -3.32. The number of fused-ring (bicyclic) bond motifs is 1. The van der Waals surface area contributed by atoms with Crippen LogP contribution in [0.5, 0.6) is 5.75 Å². The third-order valence-corrected chi connectivity index (χ3v) is 7.09. The van der Waals surface area contributed by atoms with Crippen molar-refractivity contribution in [3.63, 3.8) is 0 Å². The van der Waals surface area contributed by atoms with Crippen LogP contribution in [0.3, 0.4) is 0 Å². The first-order valence-corrected chi connectivity index (χ1v) is 12.7. The quantitative estimate of drug-likeness (QED) is 0.387. The topological polar surface area (TPSA) is 79.0 Å². The zero-order valence-corrected chi connectivity index (χ0v) is 22.1. The number of amides is 4. The van der Waals surface area contributed by atoms with Crippen molar-refractivity contribution in [3.8, 4) is 5.75 Å². The minimum absolute atomic E-state index is 0.0104.